The van der Waals surface area contributed by atoms with Crippen molar-refractivity contribution in [2.24, 2.45) is 0 Å². The molecule has 0 saturated carbocycles. The van der Waals surface area contributed by atoms with Crippen molar-refractivity contribution < 1.29 is 22.7 Å². The van der Waals surface area contributed by atoms with Crippen molar-refractivity contribution in [2.45, 2.75) is 32.5 Å². The summed E-state index contributed by atoms with van der Waals surface area (Å²) in [4.78, 5) is 15.3. The SMILES string of the molecule is CC(C)(C)OC(=O)c1ccc(NCC(F)(F)F)nc1. The number of aromatic nitrogens is 1. The number of nitrogens with zero attached hydrogens (tertiary/aromatic N) is 1. The summed E-state index contributed by atoms with van der Waals surface area (Å²) in [7, 11) is 0. The molecule has 0 amide bonds. The highest BCUT2D eigenvalue weighted by Gasteiger charge is 2.26. The number of pyridine rings is 1. The van der Waals surface area contributed by atoms with E-state index in [0.29, 0.717) is 0 Å². The molecule has 1 N–H and O–H groups in total. The van der Waals surface area contributed by atoms with Crippen molar-refractivity contribution in [1.29, 1.82) is 0 Å². The van der Waals surface area contributed by atoms with Crippen LogP contribution in [0.4, 0.5) is 19.0 Å². The number of anilines is 1. The Bertz CT molecular complexity index is 436. The summed E-state index contributed by atoms with van der Waals surface area (Å²) in [5.41, 5.74) is -0.447. The lowest BCUT2D eigenvalue weighted by molar-refractivity contribution is -0.115. The maximum atomic E-state index is 12.0. The largest absolute Gasteiger partial charge is 0.456 e. The third kappa shape index (κ3) is 6.08. The molecule has 1 heterocycles. The quantitative estimate of drug-likeness (QED) is 0.862. The number of ether oxygens (including phenoxy) is 1. The molecule has 4 nitrogen and oxygen atoms in total. The molecule has 0 aliphatic rings. The minimum absolute atomic E-state index is 0.0460. The average molecular weight is 276 g/mol. The normalized spacial score (nSPS) is 12.1. The molecule has 0 saturated heterocycles. The summed E-state index contributed by atoms with van der Waals surface area (Å²) < 4.78 is 41.0. The van der Waals surface area contributed by atoms with E-state index in [1.54, 1.807) is 20.8 Å². The van der Waals surface area contributed by atoms with Crippen LogP contribution in [0.3, 0.4) is 0 Å². The third-order valence-corrected chi connectivity index (χ3v) is 1.87. The van der Waals surface area contributed by atoms with Crippen LogP contribution in [-0.2, 0) is 4.74 Å². The lowest BCUT2D eigenvalue weighted by Crippen LogP contribution is -2.24. The second-order valence-electron chi connectivity index (χ2n) is 4.90. The summed E-state index contributed by atoms with van der Waals surface area (Å²) in [6, 6.07) is 2.66. The van der Waals surface area contributed by atoms with E-state index in [4.69, 9.17) is 4.74 Å². The van der Waals surface area contributed by atoms with Crippen LogP contribution in [0.15, 0.2) is 18.3 Å². The Morgan fingerprint density at radius 2 is 1.95 bits per heavy atom. The Morgan fingerprint density at radius 1 is 1.32 bits per heavy atom. The molecular weight excluding hydrogens is 261 g/mol. The summed E-state index contributed by atoms with van der Waals surface area (Å²) in [5.74, 6) is -0.521. The van der Waals surface area contributed by atoms with Crippen molar-refractivity contribution in [3.8, 4) is 0 Å². The van der Waals surface area contributed by atoms with Gasteiger partial charge in [-0.2, -0.15) is 13.2 Å². The second kappa shape index (κ2) is 5.46. The Kier molecular flexibility index (Phi) is 4.39. The molecule has 1 rings (SSSR count). The summed E-state index contributed by atoms with van der Waals surface area (Å²) in [6.07, 6.45) is -3.14. The fourth-order valence-corrected chi connectivity index (χ4v) is 1.15. The van der Waals surface area contributed by atoms with E-state index in [9.17, 15) is 18.0 Å². The predicted molar refractivity (Wildman–Crippen MR) is 64.0 cm³/mol. The number of carbonyl (C=O) groups is 1. The molecule has 0 aromatic carbocycles. The highest BCUT2D eigenvalue weighted by atomic mass is 19.4. The van der Waals surface area contributed by atoms with E-state index < -0.39 is 24.3 Å². The van der Waals surface area contributed by atoms with Gasteiger partial charge in [0.05, 0.1) is 5.56 Å². The highest BCUT2D eigenvalue weighted by Crippen LogP contribution is 2.16. The fourth-order valence-electron chi connectivity index (χ4n) is 1.15. The Morgan fingerprint density at radius 3 is 2.37 bits per heavy atom. The molecule has 0 spiro atoms. The molecule has 1 aromatic rings. The van der Waals surface area contributed by atoms with Crippen LogP contribution >= 0.6 is 0 Å². The lowest BCUT2D eigenvalue weighted by Gasteiger charge is -2.19. The Labute approximate surface area is 109 Å². The molecule has 0 atom stereocenters. The van der Waals surface area contributed by atoms with Crippen molar-refractivity contribution in [3.05, 3.63) is 23.9 Å². The van der Waals surface area contributed by atoms with Gasteiger partial charge in [-0.15, -0.1) is 0 Å². The van der Waals surface area contributed by atoms with Gasteiger partial charge in [0.1, 0.15) is 18.0 Å². The fraction of sp³-hybridized carbons (Fsp3) is 0.500. The van der Waals surface area contributed by atoms with E-state index in [-0.39, 0.29) is 11.4 Å². The van der Waals surface area contributed by atoms with Gasteiger partial charge in [-0.1, -0.05) is 0 Å². The Balaban J connectivity index is 2.64. The van der Waals surface area contributed by atoms with Crippen LogP contribution in [0.25, 0.3) is 0 Å². The smallest absolute Gasteiger partial charge is 0.405 e. The molecule has 0 fully saturated rings. The van der Waals surface area contributed by atoms with E-state index in [1.807, 2.05) is 0 Å². The molecule has 7 heteroatoms. The molecule has 0 bridgehead atoms. The number of esters is 1. The van der Waals surface area contributed by atoms with Gasteiger partial charge in [-0.05, 0) is 32.9 Å². The van der Waals surface area contributed by atoms with Crippen LogP contribution in [-0.4, -0.2) is 29.3 Å². The van der Waals surface area contributed by atoms with Gasteiger partial charge in [0.15, 0.2) is 0 Å². The average Bonchev–Trinajstić information content (AvgIpc) is 2.23. The van der Waals surface area contributed by atoms with Gasteiger partial charge < -0.3 is 10.1 Å². The molecule has 0 aliphatic carbocycles. The maximum absolute atomic E-state index is 12.0. The first-order valence-corrected chi connectivity index (χ1v) is 5.57. The summed E-state index contributed by atoms with van der Waals surface area (Å²) in [6.45, 7) is 3.98. The summed E-state index contributed by atoms with van der Waals surface area (Å²) in [5, 5.41) is 2.11. The van der Waals surface area contributed by atoms with Crippen LogP contribution < -0.4 is 5.32 Å². The number of hydrogen-bond acceptors (Lipinski definition) is 4. The van der Waals surface area contributed by atoms with Crippen LogP contribution in [0.2, 0.25) is 0 Å². The molecule has 1 aromatic heterocycles. The topological polar surface area (TPSA) is 51.2 Å². The van der Waals surface area contributed by atoms with E-state index >= 15 is 0 Å². The third-order valence-electron chi connectivity index (χ3n) is 1.87. The van der Waals surface area contributed by atoms with E-state index in [1.165, 1.54) is 18.3 Å². The summed E-state index contributed by atoms with van der Waals surface area (Å²) >= 11 is 0. The van der Waals surface area contributed by atoms with Gasteiger partial charge in [-0.25, -0.2) is 9.78 Å². The number of rotatable bonds is 3. The first-order chi connectivity index (χ1) is 8.57. The lowest BCUT2D eigenvalue weighted by atomic mass is 10.2. The van der Waals surface area contributed by atoms with Gasteiger partial charge in [0.25, 0.3) is 0 Å². The molecule has 0 radical (unpaired) electrons. The zero-order chi connectivity index (χ0) is 14.7. The van der Waals surface area contributed by atoms with Gasteiger partial charge >= 0.3 is 12.1 Å². The van der Waals surface area contributed by atoms with Gasteiger partial charge in [0.2, 0.25) is 0 Å². The molecular formula is C12H15F3N2O2. The van der Waals surface area contributed by atoms with Gasteiger partial charge in [0, 0.05) is 6.20 Å². The van der Waals surface area contributed by atoms with Crippen LogP contribution in [0.1, 0.15) is 31.1 Å². The zero-order valence-corrected chi connectivity index (χ0v) is 10.8. The van der Waals surface area contributed by atoms with Crippen molar-refractivity contribution in [3.63, 3.8) is 0 Å². The molecule has 0 aliphatic heterocycles. The van der Waals surface area contributed by atoms with Crippen molar-refractivity contribution in [1.82, 2.24) is 4.98 Å². The minimum atomic E-state index is -4.31. The van der Waals surface area contributed by atoms with Crippen LogP contribution in [0, 0.1) is 0 Å². The second-order valence-corrected chi connectivity index (χ2v) is 4.90. The van der Waals surface area contributed by atoms with Crippen molar-refractivity contribution >= 4 is 11.8 Å². The van der Waals surface area contributed by atoms with Crippen molar-refractivity contribution in [2.75, 3.05) is 11.9 Å². The Hall–Kier alpha value is -1.79. The minimum Gasteiger partial charge on any atom is -0.456 e. The predicted octanol–water partition coefficient (Wildman–Crippen LogP) is 3.01. The van der Waals surface area contributed by atoms with E-state index in [0.717, 1.165) is 0 Å². The first kappa shape index (κ1) is 15.3. The van der Waals surface area contributed by atoms with E-state index in [2.05, 4.69) is 10.3 Å². The number of halogens is 3. The number of nitrogens with one attached hydrogen (secondary N) is 1. The monoisotopic (exact) mass is 276 g/mol. The number of carbonyl (C=O) groups excluding carboxylic acids is 1. The van der Waals surface area contributed by atoms with Crippen LogP contribution in [0.5, 0.6) is 0 Å². The standard InChI is InChI=1S/C12H15F3N2O2/c1-11(2,3)19-10(18)8-4-5-9(16-6-8)17-7-12(13,14)15/h4-6H,7H2,1-3H3,(H,16,17). The van der Waals surface area contributed by atoms with Gasteiger partial charge in [-0.3, -0.25) is 0 Å². The maximum Gasteiger partial charge on any atom is 0.405 e. The molecule has 19 heavy (non-hydrogen) atoms. The number of hydrogen-bond donors (Lipinski definition) is 1. The highest BCUT2D eigenvalue weighted by molar-refractivity contribution is 5.89. The number of alkyl halides is 3. The zero-order valence-electron chi connectivity index (χ0n) is 10.8. The molecule has 0 unspecified atom stereocenters. The molecule has 106 valence electrons. The first-order valence-electron chi connectivity index (χ1n) is 5.57.